The summed E-state index contributed by atoms with van der Waals surface area (Å²) < 4.78 is 14.0. The zero-order valence-corrected chi connectivity index (χ0v) is 8.73. The molecule has 0 bridgehead atoms. The third-order valence-corrected chi connectivity index (χ3v) is 2.28. The summed E-state index contributed by atoms with van der Waals surface area (Å²) in [6.07, 6.45) is 0. The number of halogens is 2. The van der Waals surface area contributed by atoms with Crippen LogP contribution in [-0.4, -0.2) is 19.0 Å². The van der Waals surface area contributed by atoms with Gasteiger partial charge in [-0.05, 0) is 26.2 Å². The zero-order valence-electron chi connectivity index (χ0n) is 7.14. The van der Waals surface area contributed by atoms with Crippen LogP contribution in [0.25, 0.3) is 0 Å². The average Bonchev–Trinajstić information content (AvgIpc) is 1.97. The van der Waals surface area contributed by atoms with E-state index in [0.717, 1.165) is 4.47 Å². The number of nitrogens with zero attached hydrogens (tertiary/aromatic N) is 1. The van der Waals surface area contributed by atoms with Crippen molar-refractivity contribution in [2.45, 2.75) is 6.54 Å². The largest absolute Gasteiger partial charge is 0.305 e. The van der Waals surface area contributed by atoms with Gasteiger partial charge in [-0.15, -0.1) is 0 Å². The summed E-state index contributed by atoms with van der Waals surface area (Å²) in [5.41, 5.74) is 0.711. The summed E-state index contributed by atoms with van der Waals surface area (Å²) in [5.74, 6) is -0.155. The minimum atomic E-state index is -0.155. The topological polar surface area (TPSA) is 3.24 Å². The van der Waals surface area contributed by atoms with Gasteiger partial charge in [-0.25, -0.2) is 4.39 Å². The van der Waals surface area contributed by atoms with Crippen molar-refractivity contribution in [3.05, 3.63) is 34.1 Å². The van der Waals surface area contributed by atoms with Gasteiger partial charge in [-0.1, -0.05) is 22.0 Å². The van der Waals surface area contributed by atoms with E-state index in [1.807, 2.05) is 25.1 Å². The minimum Gasteiger partial charge on any atom is -0.305 e. The molecule has 12 heavy (non-hydrogen) atoms. The van der Waals surface area contributed by atoms with Crippen LogP contribution in [0.1, 0.15) is 5.56 Å². The van der Waals surface area contributed by atoms with Gasteiger partial charge < -0.3 is 4.90 Å². The van der Waals surface area contributed by atoms with Crippen LogP contribution in [0.2, 0.25) is 0 Å². The number of rotatable bonds is 2. The van der Waals surface area contributed by atoms with Crippen LogP contribution < -0.4 is 0 Å². The SMILES string of the molecule is CN(C)Cc1c(F)cccc1Br. The van der Waals surface area contributed by atoms with Gasteiger partial charge in [-0.3, -0.25) is 0 Å². The van der Waals surface area contributed by atoms with E-state index in [1.54, 1.807) is 6.07 Å². The van der Waals surface area contributed by atoms with E-state index in [0.29, 0.717) is 12.1 Å². The van der Waals surface area contributed by atoms with Crippen molar-refractivity contribution in [3.8, 4) is 0 Å². The summed E-state index contributed by atoms with van der Waals surface area (Å²) in [5, 5.41) is 0. The lowest BCUT2D eigenvalue weighted by molar-refractivity contribution is 0.391. The van der Waals surface area contributed by atoms with Crippen LogP contribution in [0, 0.1) is 5.82 Å². The Labute approximate surface area is 80.3 Å². The van der Waals surface area contributed by atoms with E-state index in [4.69, 9.17) is 0 Å². The van der Waals surface area contributed by atoms with Gasteiger partial charge in [0.25, 0.3) is 0 Å². The highest BCUT2D eigenvalue weighted by molar-refractivity contribution is 9.10. The van der Waals surface area contributed by atoms with Crippen LogP contribution >= 0.6 is 15.9 Å². The number of hydrogen-bond donors (Lipinski definition) is 0. The molecule has 0 atom stereocenters. The molecule has 0 aliphatic heterocycles. The Morgan fingerprint density at radius 1 is 1.42 bits per heavy atom. The molecular formula is C9H11BrFN. The smallest absolute Gasteiger partial charge is 0.128 e. The molecule has 3 heteroatoms. The molecule has 0 amide bonds. The molecular weight excluding hydrogens is 221 g/mol. The van der Waals surface area contributed by atoms with Crippen molar-refractivity contribution in [2.24, 2.45) is 0 Å². The molecule has 0 spiro atoms. The van der Waals surface area contributed by atoms with E-state index in [2.05, 4.69) is 15.9 Å². The second kappa shape index (κ2) is 4.01. The maximum atomic E-state index is 13.2. The van der Waals surface area contributed by atoms with E-state index in [-0.39, 0.29) is 5.82 Å². The van der Waals surface area contributed by atoms with Crippen LogP contribution in [0.4, 0.5) is 4.39 Å². The first-order valence-electron chi connectivity index (χ1n) is 3.69. The minimum absolute atomic E-state index is 0.155. The molecule has 0 aromatic heterocycles. The molecule has 1 aromatic rings. The normalized spacial score (nSPS) is 10.8. The summed E-state index contributed by atoms with van der Waals surface area (Å²) in [6, 6.07) is 5.02. The van der Waals surface area contributed by atoms with Crippen LogP contribution in [0.15, 0.2) is 22.7 Å². The van der Waals surface area contributed by atoms with Crippen molar-refractivity contribution < 1.29 is 4.39 Å². The first-order valence-corrected chi connectivity index (χ1v) is 4.48. The molecule has 0 heterocycles. The van der Waals surface area contributed by atoms with Crippen molar-refractivity contribution in [3.63, 3.8) is 0 Å². The second-order valence-electron chi connectivity index (χ2n) is 2.94. The number of benzene rings is 1. The van der Waals surface area contributed by atoms with E-state index in [9.17, 15) is 4.39 Å². The summed E-state index contributed by atoms with van der Waals surface area (Å²) in [4.78, 5) is 1.93. The van der Waals surface area contributed by atoms with E-state index >= 15 is 0 Å². The highest BCUT2D eigenvalue weighted by atomic mass is 79.9. The van der Waals surface area contributed by atoms with Gasteiger partial charge in [0, 0.05) is 16.6 Å². The van der Waals surface area contributed by atoms with Gasteiger partial charge in [-0.2, -0.15) is 0 Å². The Hall–Kier alpha value is -0.410. The average molecular weight is 232 g/mol. The lowest BCUT2D eigenvalue weighted by Crippen LogP contribution is -2.12. The Bertz CT molecular complexity index is 253. The van der Waals surface area contributed by atoms with Crippen LogP contribution in [0.3, 0.4) is 0 Å². The van der Waals surface area contributed by atoms with Crippen molar-refractivity contribution in [1.82, 2.24) is 4.90 Å². The van der Waals surface area contributed by atoms with E-state index in [1.165, 1.54) is 6.07 Å². The fourth-order valence-corrected chi connectivity index (χ4v) is 1.47. The standard InChI is InChI=1S/C9H11BrFN/c1-12(2)6-7-8(10)4-3-5-9(7)11/h3-5H,6H2,1-2H3. The van der Waals surface area contributed by atoms with Crippen LogP contribution in [-0.2, 0) is 6.54 Å². The lowest BCUT2D eigenvalue weighted by Gasteiger charge is -2.11. The Kier molecular flexibility index (Phi) is 3.23. The molecule has 0 aliphatic carbocycles. The maximum absolute atomic E-state index is 13.2. The molecule has 0 N–H and O–H groups in total. The van der Waals surface area contributed by atoms with Crippen molar-refractivity contribution in [2.75, 3.05) is 14.1 Å². The second-order valence-corrected chi connectivity index (χ2v) is 3.79. The fraction of sp³-hybridized carbons (Fsp3) is 0.333. The third kappa shape index (κ3) is 2.29. The van der Waals surface area contributed by atoms with Gasteiger partial charge >= 0.3 is 0 Å². The Morgan fingerprint density at radius 3 is 2.58 bits per heavy atom. The fourth-order valence-electron chi connectivity index (χ4n) is 1.000. The molecule has 1 nitrogen and oxygen atoms in total. The molecule has 0 aliphatic rings. The highest BCUT2D eigenvalue weighted by Crippen LogP contribution is 2.20. The first kappa shape index (κ1) is 9.68. The maximum Gasteiger partial charge on any atom is 0.128 e. The number of hydrogen-bond acceptors (Lipinski definition) is 1. The molecule has 0 saturated heterocycles. The Morgan fingerprint density at radius 2 is 2.08 bits per heavy atom. The van der Waals surface area contributed by atoms with Crippen molar-refractivity contribution >= 4 is 15.9 Å². The van der Waals surface area contributed by atoms with Crippen LogP contribution in [0.5, 0.6) is 0 Å². The van der Waals surface area contributed by atoms with Gasteiger partial charge in [0.1, 0.15) is 5.82 Å². The van der Waals surface area contributed by atoms with E-state index < -0.39 is 0 Å². The Balaban J connectivity index is 2.96. The van der Waals surface area contributed by atoms with Gasteiger partial charge in [0.2, 0.25) is 0 Å². The quantitative estimate of drug-likeness (QED) is 0.757. The molecule has 1 aromatic carbocycles. The highest BCUT2D eigenvalue weighted by Gasteiger charge is 2.06. The zero-order chi connectivity index (χ0) is 9.14. The third-order valence-electron chi connectivity index (χ3n) is 1.54. The summed E-state index contributed by atoms with van der Waals surface area (Å²) in [7, 11) is 3.83. The molecule has 0 radical (unpaired) electrons. The molecule has 0 saturated carbocycles. The lowest BCUT2D eigenvalue weighted by atomic mass is 10.2. The summed E-state index contributed by atoms with van der Waals surface area (Å²) >= 11 is 3.31. The predicted molar refractivity (Wildman–Crippen MR) is 51.5 cm³/mol. The van der Waals surface area contributed by atoms with Crippen molar-refractivity contribution in [1.29, 1.82) is 0 Å². The summed E-state index contributed by atoms with van der Waals surface area (Å²) in [6.45, 7) is 0.618. The molecule has 66 valence electrons. The monoisotopic (exact) mass is 231 g/mol. The first-order chi connectivity index (χ1) is 5.61. The van der Waals surface area contributed by atoms with Gasteiger partial charge in [0.15, 0.2) is 0 Å². The molecule has 0 fully saturated rings. The molecule has 0 unspecified atom stereocenters. The molecule has 1 rings (SSSR count). The predicted octanol–water partition coefficient (Wildman–Crippen LogP) is 2.65. The van der Waals surface area contributed by atoms with Gasteiger partial charge in [0.05, 0.1) is 0 Å².